The summed E-state index contributed by atoms with van der Waals surface area (Å²) < 4.78 is 25.2. The highest BCUT2D eigenvalue weighted by atomic mass is 35.5. The lowest BCUT2D eigenvalue weighted by molar-refractivity contribution is 0.159. The first-order chi connectivity index (χ1) is 8.05. The van der Waals surface area contributed by atoms with E-state index in [1.54, 1.807) is 0 Å². The number of halogens is 1. The van der Waals surface area contributed by atoms with Gasteiger partial charge in [0, 0.05) is 18.5 Å². The number of hydrogen-bond donors (Lipinski definition) is 1. The molecule has 0 radical (unpaired) electrons. The Bertz CT molecular complexity index is 309. The number of rotatable bonds is 7. The highest BCUT2D eigenvalue weighted by molar-refractivity contribution is 7.89. The van der Waals surface area contributed by atoms with Gasteiger partial charge in [0.25, 0.3) is 0 Å². The monoisotopic (exact) mass is 282 g/mol. The maximum absolute atomic E-state index is 11.3. The van der Waals surface area contributed by atoms with Gasteiger partial charge in [-0.05, 0) is 39.3 Å². The summed E-state index contributed by atoms with van der Waals surface area (Å²) in [6.07, 6.45) is 4.71. The zero-order valence-corrected chi connectivity index (χ0v) is 12.1. The van der Waals surface area contributed by atoms with Crippen LogP contribution in [-0.2, 0) is 10.0 Å². The minimum Gasteiger partial charge on any atom is -0.301 e. The third-order valence-corrected chi connectivity index (χ3v) is 5.03. The molecule has 0 aromatic carbocycles. The van der Waals surface area contributed by atoms with Crippen molar-refractivity contribution in [1.82, 2.24) is 9.62 Å². The number of piperidine rings is 1. The standard InChI is InChI=1S/C11H23ClN2O2S/c1-11-5-2-3-8-14(11)9-4-7-13-17(15,16)10-6-12/h11,13H,2-10H2,1H3. The predicted octanol–water partition coefficient (Wildman–Crippen LogP) is 1.41. The van der Waals surface area contributed by atoms with E-state index in [9.17, 15) is 8.42 Å². The van der Waals surface area contributed by atoms with Crippen LogP contribution >= 0.6 is 11.6 Å². The van der Waals surface area contributed by atoms with E-state index in [1.807, 2.05) is 0 Å². The average molecular weight is 283 g/mol. The summed E-state index contributed by atoms with van der Waals surface area (Å²) in [6.45, 7) is 4.89. The summed E-state index contributed by atoms with van der Waals surface area (Å²) in [5, 5.41) is 0. The number of alkyl halides is 1. The summed E-state index contributed by atoms with van der Waals surface area (Å²) in [6, 6.07) is 0.642. The first kappa shape index (κ1) is 15.2. The Labute approximate surface area is 110 Å². The van der Waals surface area contributed by atoms with Crippen molar-refractivity contribution in [3.63, 3.8) is 0 Å². The van der Waals surface area contributed by atoms with Gasteiger partial charge < -0.3 is 4.90 Å². The molecule has 1 fully saturated rings. The van der Waals surface area contributed by atoms with E-state index in [-0.39, 0.29) is 11.6 Å². The zero-order valence-electron chi connectivity index (χ0n) is 10.5. The van der Waals surface area contributed by atoms with E-state index in [0.29, 0.717) is 12.6 Å². The molecule has 0 bridgehead atoms. The topological polar surface area (TPSA) is 49.4 Å². The van der Waals surface area contributed by atoms with Crippen LogP contribution in [0.3, 0.4) is 0 Å². The van der Waals surface area contributed by atoms with E-state index < -0.39 is 10.0 Å². The van der Waals surface area contributed by atoms with Gasteiger partial charge in [0.15, 0.2) is 0 Å². The van der Waals surface area contributed by atoms with Crippen molar-refractivity contribution in [2.24, 2.45) is 0 Å². The van der Waals surface area contributed by atoms with Crippen LogP contribution in [0.25, 0.3) is 0 Å². The molecule has 0 aromatic heterocycles. The molecule has 17 heavy (non-hydrogen) atoms. The molecule has 0 aliphatic carbocycles. The molecule has 0 saturated carbocycles. The van der Waals surface area contributed by atoms with Gasteiger partial charge in [-0.15, -0.1) is 11.6 Å². The van der Waals surface area contributed by atoms with Crippen LogP contribution in [0.4, 0.5) is 0 Å². The number of hydrogen-bond acceptors (Lipinski definition) is 3. The Morgan fingerprint density at radius 1 is 1.41 bits per heavy atom. The van der Waals surface area contributed by atoms with E-state index in [2.05, 4.69) is 16.5 Å². The minimum atomic E-state index is -3.15. The molecular weight excluding hydrogens is 260 g/mol. The van der Waals surface area contributed by atoms with Crippen molar-refractivity contribution in [3.8, 4) is 0 Å². The number of nitrogens with zero attached hydrogens (tertiary/aromatic N) is 1. The molecule has 0 amide bonds. The van der Waals surface area contributed by atoms with Crippen LogP contribution in [0.5, 0.6) is 0 Å². The normalized spacial score (nSPS) is 22.8. The van der Waals surface area contributed by atoms with E-state index in [0.717, 1.165) is 19.5 Å². The second kappa shape index (κ2) is 7.56. The fourth-order valence-electron chi connectivity index (χ4n) is 2.17. The molecule has 1 saturated heterocycles. The van der Waals surface area contributed by atoms with Gasteiger partial charge in [-0.3, -0.25) is 0 Å². The van der Waals surface area contributed by atoms with Gasteiger partial charge in [0.2, 0.25) is 10.0 Å². The SMILES string of the molecule is CC1CCCCN1CCCNS(=O)(=O)CCCl. The smallest absolute Gasteiger partial charge is 0.212 e. The van der Waals surface area contributed by atoms with Gasteiger partial charge >= 0.3 is 0 Å². The zero-order chi connectivity index (χ0) is 12.7. The second-order valence-corrected chi connectivity index (χ2v) is 6.94. The molecule has 1 aliphatic rings. The highest BCUT2D eigenvalue weighted by Crippen LogP contribution is 2.15. The lowest BCUT2D eigenvalue weighted by Gasteiger charge is -2.33. The number of likely N-dealkylation sites (tertiary alicyclic amines) is 1. The van der Waals surface area contributed by atoms with Crippen LogP contribution < -0.4 is 4.72 Å². The van der Waals surface area contributed by atoms with Crippen molar-refractivity contribution >= 4 is 21.6 Å². The van der Waals surface area contributed by atoms with Gasteiger partial charge in [0.05, 0.1) is 5.75 Å². The largest absolute Gasteiger partial charge is 0.301 e. The van der Waals surface area contributed by atoms with Crippen LogP contribution in [0.1, 0.15) is 32.6 Å². The first-order valence-corrected chi connectivity index (χ1v) is 8.51. The lowest BCUT2D eigenvalue weighted by Crippen LogP contribution is -2.39. The Kier molecular flexibility index (Phi) is 6.77. The maximum Gasteiger partial charge on any atom is 0.212 e. The molecule has 1 heterocycles. The van der Waals surface area contributed by atoms with Crippen LogP contribution in [0.15, 0.2) is 0 Å². The third-order valence-electron chi connectivity index (χ3n) is 3.23. The Hall–Kier alpha value is 0.160. The molecular formula is C11H23ClN2O2S. The number of sulfonamides is 1. The van der Waals surface area contributed by atoms with Gasteiger partial charge in [-0.25, -0.2) is 13.1 Å². The van der Waals surface area contributed by atoms with Crippen LogP contribution in [0, 0.1) is 0 Å². The molecule has 0 spiro atoms. The van der Waals surface area contributed by atoms with Crippen molar-refractivity contribution < 1.29 is 8.42 Å². The fraction of sp³-hybridized carbons (Fsp3) is 1.00. The Balaban J connectivity index is 2.15. The molecule has 0 aromatic rings. The quantitative estimate of drug-likeness (QED) is 0.567. The molecule has 1 aliphatic heterocycles. The summed E-state index contributed by atoms with van der Waals surface area (Å²) in [4.78, 5) is 2.44. The van der Waals surface area contributed by atoms with Crippen molar-refractivity contribution in [2.45, 2.75) is 38.6 Å². The fourth-order valence-corrected chi connectivity index (χ4v) is 3.59. The van der Waals surface area contributed by atoms with E-state index >= 15 is 0 Å². The molecule has 1 rings (SSSR count). The van der Waals surface area contributed by atoms with E-state index in [4.69, 9.17) is 11.6 Å². The van der Waals surface area contributed by atoms with Crippen molar-refractivity contribution in [1.29, 1.82) is 0 Å². The van der Waals surface area contributed by atoms with Gasteiger partial charge in [-0.2, -0.15) is 0 Å². The molecule has 1 atom stereocenters. The molecule has 102 valence electrons. The van der Waals surface area contributed by atoms with E-state index in [1.165, 1.54) is 19.3 Å². The van der Waals surface area contributed by atoms with Crippen molar-refractivity contribution in [3.05, 3.63) is 0 Å². The molecule has 4 nitrogen and oxygen atoms in total. The van der Waals surface area contributed by atoms with Crippen molar-refractivity contribution in [2.75, 3.05) is 31.3 Å². The summed E-state index contributed by atoms with van der Waals surface area (Å²) in [5.41, 5.74) is 0. The average Bonchev–Trinajstić information content (AvgIpc) is 2.26. The summed E-state index contributed by atoms with van der Waals surface area (Å²) in [7, 11) is -3.15. The second-order valence-electron chi connectivity index (χ2n) is 4.64. The van der Waals surface area contributed by atoms with Crippen LogP contribution in [-0.4, -0.2) is 50.6 Å². The first-order valence-electron chi connectivity index (χ1n) is 6.32. The van der Waals surface area contributed by atoms with Gasteiger partial charge in [-0.1, -0.05) is 6.42 Å². The Morgan fingerprint density at radius 3 is 2.82 bits per heavy atom. The Morgan fingerprint density at radius 2 is 2.18 bits per heavy atom. The molecule has 6 heteroatoms. The molecule has 1 N–H and O–H groups in total. The number of nitrogens with one attached hydrogen (secondary N) is 1. The van der Waals surface area contributed by atoms with Crippen LogP contribution in [0.2, 0.25) is 0 Å². The summed E-state index contributed by atoms with van der Waals surface area (Å²) >= 11 is 5.41. The molecule has 1 unspecified atom stereocenters. The lowest BCUT2D eigenvalue weighted by atomic mass is 10.0. The highest BCUT2D eigenvalue weighted by Gasteiger charge is 2.17. The summed E-state index contributed by atoms with van der Waals surface area (Å²) in [5.74, 6) is 0.160. The third kappa shape index (κ3) is 6.04. The van der Waals surface area contributed by atoms with Gasteiger partial charge in [0.1, 0.15) is 0 Å². The maximum atomic E-state index is 11.3. The minimum absolute atomic E-state index is 0.00860. The predicted molar refractivity (Wildman–Crippen MR) is 72.0 cm³/mol.